The molecule has 0 radical (unpaired) electrons. The highest BCUT2D eigenvalue weighted by Crippen LogP contribution is 2.34. The number of rotatable bonds is 6. The molecule has 37 heavy (non-hydrogen) atoms. The van der Waals surface area contributed by atoms with E-state index in [4.69, 9.17) is 11.6 Å². The molecular weight excluding hydrogens is 503 g/mol. The summed E-state index contributed by atoms with van der Waals surface area (Å²) in [5, 5.41) is 4.08. The van der Waals surface area contributed by atoms with E-state index in [1.165, 1.54) is 30.6 Å². The molecule has 0 saturated carbocycles. The number of carbonyl (C=O) groups is 1. The number of para-hydroxylation sites is 1. The molecule has 3 aromatic rings. The van der Waals surface area contributed by atoms with Crippen molar-refractivity contribution in [1.29, 1.82) is 0 Å². The van der Waals surface area contributed by atoms with Crippen LogP contribution in [0.4, 0.5) is 13.2 Å². The predicted molar refractivity (Wildman–Crippen MR) is 137 cm³/mol. The van der Waals surface area contributed by atoms with Gasteiger partial charge in [-0.1, -0.05) is 35.9 Å². The summed E-state index contributed by atoms with van der Waals surface area (Å²) < 4.78 is 41.6. The topological polar surface area (TPSA) is 44.6 Å². The van der Waals surface area contributed by atoms with Gasteiger partial charge in [-0.15, -0.1) is 0 Å². The highest BCUT2D eigenvalue weighted by molar-refractivity contribution is 6.32. The van der Waals surface area contributed by atoms with E-state index in [1.54, 1.807) is 48.5 Å². The maximum absolute atomic E-state index is 13.5. The van der Waals surface area contributed by atoms with Gasteiger partial charge in [0.15, 0.2) is 5.69 Å². The van der Waals surface area contributed by atoms with Gasteiger partial charge in [-0.2, -0.15) is 18.3 Å². The Morgan fingerprint density at radius 3 is 2.11 bits per heavy atom. The van der Waals surface area contributed by atoms with E-state index >= 15 is 0 Å². The first-order valence-electron chi connectivity index (χ1n) is 12.6. The largest absolute Gasteiger partial charge is 0.435 e. The summed E-state index contributed by atoms with van der Waals surface area (Å²) in [5.41, 5.74) is 0.592. The predicted octanol–water partition coefficient (Wildman–Crippen LogP) is 5.07. The van der Waals surface area contributed by atoms with Gasteiger partial charge in [-0.05, 0) is 56.3 Å². The summed E-state index contributed by atoms with van der Waals surface area (Å²) in [7, 11) is 0. The molecule has 3 heterocycles. The summed E-state index contributed by atoms with van der Waals surface area (Å²) in [4.78, 5) is 19.8. The van der Waals surface area contributed by atoms with Crippen LogP contribution in [0, 0.1) is 0 Å². The number of amides is 1. The number of halogens is 4. The van der Waals surface area contributed by atoms with Crippen LogP contribution in [0.1, 0.15) is 28.9 Å². The van der Waals surface area contributed by atoms with Crippen LogP contribution in [0.5, 0.6) is 0 Å². The van der Waals surface area contributed by atoms with Gasteiger partial charge < -0.3 is 9.80 Å². The van der Waals surface area contributed by atoms with Gasteiger partial charge in [0.05, 0.1) is 16.4 Å². The third-order valence-electron chi connectivity index (χ3n) is 7.10. The van der Waals surface area contributed by atoms with Crippen molar-refractivity contribution in [3.63, 3.8) is 0 Å². The Morgan fingerprint density at radius 2 is 1.49 bits per heavy atom. The fourth-order valence-electron chi connectivity index (χ4n) is 4.96. The van der Waals surface area contributed by atoms with E-state index in [0.717, 1.165) is 32.2 Å². The summed E-state index contributed by atoms with van der Waals surface area (Å²) in [6.07, 6.45) is -2.03. The molecule has 1 aromatic heterocycles. The van der Waals surface area contributed by atoms with Crippen LogP contribution >= 0.6 is 11.6 Å². The number of hydrogen-bond acceptors (Lipinski definition) is 4. The Morgan fingerprint density at radius 1 is 0.865 bits per heavy atom. The third kappa shape index (κ3) is 5.84. The monoisotopic (exact) mass is 531 g/mol. The number of carbonyl (C=O) groups excluding carboxylic acids is 1. The second-order valence-electron chi connectivity index (χ2n) is 9.54. The fraction of sp³-hybridized carbons (Fsp3) is 0.407. The molecule has 10 heteroatoms. The quantitative estimate of drug-likeness (QED) is 0.446. The molecule has 5 rings (SSSR count). The Bertz CT molecular complexity index is 1230. The molecular formula is C27H29ClF3N5O. The van der Waals surface area contributed by atoms with E-state index in [1.807, 2.05) is 4.90 Å². The van der Waals surface area contributed by atoms with Crippen LogP contribution in [0.3, 0.4) is 0 Å². The average Bonchev–Trinajstić information content (AvgIpc) is 3.58. The zero-order chi connectivity index (χ0) is 26.0. The fourth-order valence-corrected chi connectivity index (χ4v) is 5.18. The minimum absolute atomic E-state index is 0.0682. The van der Waals surface area contributed by atoms with Gasteiger partial charge in [-0.3, -0.25) is 9.69 Å². The number of hydrogen-bond donors (Lipinski definition) is 0. The Balaban J connectivity index is 1.28. The van der Waals surface area contributed by atoms with Crippen molar-refractivity contribution in [1.82, 2.24) is 24.5 Å². The van der Waals surface area contributed by atoms with Crippen LogP contribution in [-0.4, -0.2) is 82.7 Å². The number of likely N-dealkylation sites (tertiary alicyclic amines) is 1. The highest BCUT2D eigenvalue weighted by atomic mass is 35.5. The van der Waals surface area contributed by atoms with Crippen LogP contribution < -0.4 is 0 Å². The van der Waals surface area contributed by atoms with Crippen LogP contribution in [0.2, 0.25) is 5.02 Å². The maximum atomic E-state index is 13.5. The van der Waals surface area contributed by atoms with Crippen LogP contribution in [0.15, 0.2) is 54.6 Å². The molecule has 0 N–H and O–H groups in total. The van der Waals surface area contributed by atoms with Crippen molar-refractivity contribution >= 4 is 17.5 Å². The molecule has 0 bridgehead atoms. The molecule has 0 unspecified atom stereocenters. The van der Waals surface area contributed by atoms with Crippen LogP contribution in [-0.2, 0) is 6.18 Å². The van der Waals surface area contributed by atoms with E-state index < -0.39 is 11.9 Å². The summed E-state index contributed by atoms with van der Waals surface area (Å²) >= 11 is 6.26. The first kappa shape index (κ1) is 25.8. The first-order valence-corrected chi connectivity index (χ1v) is 12.9. The molecule has 0 spiro atoms. The van der Waals surface area contributed by atoms with Crippen LogP contribution in [0.25, 0.3) is 16.9 Å². The summed E-state index contributed by atoms with van der Waals surface area (Å²) in [5.74, 6) is -0.0682. The minimum atomic E-state index is -4.60. The number of alkyl halides is 3. The molecule has 2 saturated heterocycles. The normalized spacial score (nSPS) is 17.5. The van der Waals surface area contributed by atoms with Gasteiger partial charge in [0, 0.05) is 50.4 Å². The average molecular weight is 532 g/mol. The molecule has 2 fully saturated rings. The lowest BCUT2D eigenvalue weighted by Gasteiger charge is -2.35. The highest BCUT2D eigenvalue weighted by Gasteiger charge is 2.35. The molecule has 2 aromatic carbocycles. The number of aromatic nitrogens is 2. The van der Waals surface area contributed by atoms with Crippen molar-refractivity contribution in [3.8, 4) is 16.9 Å². The number of piperazine rings is 1. The van der Waals surface area contributed by atoms with Gasteiger partial charge in [0.1, 0.15) is 0 Å². The number of nitrogens with zero attached hydrogens (tertiary/aromatic N) is 5. The lowest BCUT2D eigenvalue weighted by atomic mass is 10.1. The van der Waals surface area contributed by atoms with Gasteiger partial charge in [0.2, 0.25) is 0 Å². The van der Waals surface area contributed by atoms with Gasteiger partial charge in [0.25, 0.3) is 5.91 Å². The molecule has 196 valence electrons. The standard InChI is InChI=1S/C27H29ClF3N5O/c28-22-5-1-2-6-23(22)36-24(19-25(32-36)27(29,30)31)20-7-9-21(10-8-20)26(37)35-17-15-34(16-18-35)14-13-33-11-3-4-12-33/h1-2,5-10,19H,3-4,11-18H2. The van der Waals surface area contributed by atoms with Crippen molar-refractivity contribution in [3.05, 3.63) is 70.9 Å². The van der Waals surface area contributed by atoms with Crippen molar-refractivity contribution < 1.29 is 18.0 Å². The Kier molecular flexibility index (Phi) is 7.55. The van der Waals surface area contributed by atoms with Crippen molar-refractivity contribution in [2.75, 3.05) is 52.4 Å². The lowest BCUT2D eigenvalue weighted by molar-refractivity contribution is -0.141. The molecule has 2 aliphatic heterocycles. The third-order valence-corrected chi connectivity index (χ3v) is 7.42. The zero-order valence-corrected chi connectivity index (χ0v) is 21.2. The molecule has 1 amide bonds. The van der Waals surface area contributed by atoms with E-state index in [2.05, 4.69) is 14.9 Å². The SMILES string of the molecule is O=C(c1ccc(-c2cc(C(F)(F)F)nn2-c2ccccc2Cl)cc1)N1CCN(CCN2CCCC2)CC1. The zero-order valence-electron chi connectivity index (χ0n) is 20.4. The molecule has 6 nitrogen and oxygen atoms in total. The Labute approximate surface area is 219 Å². The van der Waals surface area contributed by atoms with E-state index in [-0.39, 0.29) is 16.6 Å². The number of benzene rings is 2. The summed E-state index contributed by atoms with van der Waals surface area (Å²) in [6.45, 7) is 7.48. The molecule has 0 aliphatic carbocycles. The second-order valence-corrected chi connectivity index (χ2v) is 9.94. The minimum Gasteiger partial charge on any atom is -0.336 e. The van der Waals surface area contributed by atoms with E-state index in [0.29, 0.717) is 29.9 Å². The Hall–Kier alpha value is -2.88. The summed E-state index contributed by atoms with van der Waals surface area (Å²) in [6, 6.07) is 14.2. The van der Waals surface area contributed by atoms with Gasteiger partial charge >= 0.3 is 6.18 Å². The molecule has 0 atom stereocenters. The second kappa shape index (κ2) is 10.8. The lowest BCUT2D eigenvalue weighted by Crippen LogP contribution is -2.50. The van der Waals surface area contributed by atoms with Gasteiger partial charge in [-0.25, -0.2) is 4.68 Å². The van der Waals surface area contributed by atoms with Crippen molar-refractivity contribution in [2.45, 2.75) is 19.0 Å². The first-order chi connectivity index (χ1) is 17.8. The van der Waals surface area contributed by atoms with E-state index in [9.17, 15) is 18.0 Å². The smallest absolute Gasteiger partial charge is 0.336 e. The van der Waals surface area contributed by atoms with Crippen molar-refractivity contribution in [2.24, 2.45) is 0 Å². The maximum Gasteiger partial charge on any atom is 0.435 e. The molecule has 2 aliphatic rings.